The van der Waals surface area contributed by atoms with Crippen LogP contribution in [0.25, 0.3) is 10.8 Å². The molecule has 1 aromatic heterocycles. The number of carbonyl (C=O) groups is 6. The molecule has 19 heteroatoms. The summed E-state index contributed by atoms with van der Waals surface area (Å²) in [5.41, 5.74) is -2.59. The van der Waals surface area contributed by atoms with Crippen LogP contribution in [0.5, 0.6) is 11.6 Å². The predicted octanol–water partition coefficient (Wildman–Crippen LogP) is 2.10. The van der Waals surface area contributed by atoms with E-state index in [1.54, 1.807) is 58.3 Å². The van der Waals surface area contributed by atoms with E-state index in [9.17, 15) is 37.2 Å². The van der Waals surface area contributed by atoms with Gasteiger partial charge in [-0.3, -0.25) is 23.9 Å². The van der Waals surface area contributed by atoms with Gasteiger partial charge in [0.2, 0.25) is 33.6 Å². The number of piperidine rings is 1. The Morgan fingerprint density at radius 2 is 1.87 bits per heavy atom. The number of cyclic esters (lactones) is 1. The van der Waals surface area contributed by atoms with Crippen molar-refractivity contribution < 1.29 is 56.1 Å². The molecule has 5 amide bonds. The number of hydrogen-bond donors (Lipinski definition) is 3. The van der Waals surface area contributed by atoms with Crippen LogP contribution in [-0.4, -0.2) is 126 Å². The van der Waals surface area contributed by atoms with Gasteiger partial charge in [0.05, 0.1) is 25.5 Å². The van der Waals surface area contributed by atoms with Crippen molar-refractivity contribution in [3.8, 4) is 11.6 Å². The van der Waals surface area contributed by atoms with Gasteiger partial charge < -0.3 is 39.4 Å². The molecule has 2 saturated carbocycles. The topological polar surface area (TPSA) is 229 Å². The first-order valence-corrected chi connectivity index (χ1v) is 21.8. The second-order valence-electron chi connectivity index (χ2n) is 17.2. The van der Waals surface area contributed by atoms with Crippen LogP contribution in [0.4, 0.5) is 4.79 Å². The Kier molecular flexibility index (Phi) is 11.8. The number of likely N-dealkylation sites (tertiary alicyclic amines) is 2. The van der Waals surface area contributed by atoms with Crippen LogP contribution < -0.4 is 24.8 Å². The number of esters is 1. The molecule has 18 nitrogen and oxygen atoms in total. The number of benzene rings is 1. The lowest BCUT2D eigenvalue weighted by molar-refractivity contribution is -0.167. The van der Waals surface area contributed by atoms with Crippen molar-refractivity contribution in [1.29, 1.82) is 0 Å². The van der Waals surface area contributed by atoms with Gasteiger partial charge in [-0.15, -0.1) is 6.58 Å². The molecule has 1 aromatic carbocycles. The lowest BCUT2D eigenvalue weighted by Gasteiger charge is -2.41. The minimum Gasteiger partial charge on any atom is -0.497 e. The van der Waals surface area contributed by atoms with Crippen LogP contribution >= 0.6 is 0 Å². The molecule has 3 saturated heterocycles. The van der Waals surface area contributed by atoms with Gasteiger partial charge in [-0.2, -0.15) is 0 Å². The quantitative estimate of drug-likeness (QED) is 0.183. The summed E-state index contributed by atoms with van der Waals surface area (Å²) in [7, 11) is -2.42. The third-order valence-corrected chi connectivity index (χ3v) is 13.5. The molecular formula is C41H52N6O12S. The zero-order valence-corrected chi connectivity index (χ0v) is 35.0. The summed E-state index contributed by atoms with van der Waals surface area (Å²) in [6.07, 6.45) is 2.74. The van der Waals surface area contributed by atoms with Gasteiger partial charge >= 0.3 is 12.1 Å². The molecule has 2 aliphatic carbocycles. The normalized spacial score (nSPS) is 26.6. The number of hydrogen-bond acceptors (Lipinski definition) is 13. The molecule has 7 atom stereocenters. The van der Waals surface area contributed by atoms with Gasteiger partial charge in [0, 0.05) is 36.9 Å². The molecule has 0 spiro atoms. The largest absolute Gasteiger partial charge is 0.497 e. The summed E-state index contributed by atoms with van der Waals surface area (Å²) in [4.78, 5) is 89.4. The molecule has 7 rings (SSSR count). The number of nitrogens with zero attached hydrogens (tertiary/aromatic N) is 3. The SMILES string of the molecule is C=CC1C[C@]1(NC(=O)[C@@H]1C[C@@H](Oc2nccc3cc(OC)ccc23)CN1C(=O)[C@H](CCC(=O)N1CC[C@@H]2COC(=O)[C@H]1C2)NC(=O)OC(C)(C)C)C(=O)NS(=O)(=O)C1CC1. The number of aromatic nitrogens is 1. The van der Waals surface area contributed by atoms with E-state index in [4.69, 9.17) is 18.9 Å². The molecule has 324 valence electrons. The van der Waals surface area contributed by atoms with E-state index in [2.05, 4.69) is 26.9 Å². The molecular weight excluding hydrogens is 801 g/mol. The van der Waals surface area contributed by atoms with Crippen molar-refractivity contribution in [2.24, 2.45) is 11.8 Å². The third kappa shape index (κ3) is 9.14. The van der Waals surface area contributed by atoms with Crippen molar-refractivity contribution in [2.45, 2.75) is 113 Å². The van der Waals surface area contributed by atoms with Gasteiger partial charge in [-0.05, 0) is 94.9 Å². The standard InChI is InChI=1S/C41H52N6O12S/c1-6-25-20-41(25,38(52)45-60(54,55)28-8-9-28)44-34(49)31-19-27(58-35-29-10-7-26(56-5)18-24(29)13-15-42-35)21-47(31)36(50)30(43-39(53)59-40(2,3)4)11-12-33(48)46-16-14-23-17-32(46)37(51)57-22-23/h6-7,10,13,15,18,23,25,27-28,30-32H,1,8-9,11-12,14,16-17,19-22H2,2-5H3,(H,43,53)(H,44,49)(H,45,52)/t23-,25?,27+,30-,31-,32+,41+/m0/s1. The molecule has 2 aromatic rings. The first kappa shape index (κ1) is 42.7. The van der Waals surface area contributed by atoms with E-state index in [1.165, 1.54) is 15.9 Å². The molecule has 2 bridgehead atoms. The van der Waals surface area contributed by atoms with Gasteiger partial charge in [-0.25, -0.2) is 23.0 Å². The first-order chi connectivity index (χ1) is 28.4. The highest BCUT2D eigenvalue weighted by Gasteiger charge is 2.62. The highest BCUT2D eigenvalue weighted by molar-refractivity contribution is 7.91. The van der Waals surface area contributed by atoms with Gasteiger partial charge in [0.15, 0.2) is 0 Å². The average molecular weight is 853 g/mol. The summed E-state index contributed by atoms with van der Waals surface area (Å²) < 4.78 is 50.2. The van der Waals surface area contributed by atoms with Crippen LogP contribution in [0, 0.1) is 11.8 Å². The van der Waals surface area contributed by atoms with Gasteiger partial charge in [0.25, 0.3) is 5.91 Å². The second kappa shape index (κ2) is 16.5. The smallest absolute Gasteiger partial charge is 0.408 e. The number of nitrogens with one attached hydrogen (secondary N) is 3. The first-order valence-electron chi connectivity index (χ1n) is 20.3. The van der Waals surface area contributed by atoms with Crippen molar-refractivity contribution in [3.05, 3.63) is 43.1 Å². The average Bonchev–Trinajstić information content (AvgIpc) is 4.13. The number of pyridine rings is 1. The summed E-state index contributed by atoms with van der Waals surface area (Å²) in [6.45, 7) is 9.19. The maximum absolute atomic E-state index is 14.8. The van der Waals surface area contributed by atoms with Crippen LogP contribution in [0.3, 0.4) is 0 Å². The third-order valence-electron chi connectivity index (χ3n) is 11.7. The Balaban J connectivity index is 1.16. The number of carbonyl (C=O) groups excluding carboxylic acids is 6. The van der Waals surface area contributed by atoms with E-state index >= 15 is 0 Å². The van der Waals surface area contributed by atoms with Gasteiger partial charge in [0.1, 0.15) is 41.1 Å². The van der Waals surface area contributed by atoms with Crippen molar-refractivity contribution >= 4 is 56.5 Å². The fraction of sp³-hybridized carbons (Fsp3) is 0.585. The Hall–Kier alpha value is -5.46. The predicted molar refractivity (Wildman–Crippen MR) is 214 cm³/mol. The Morgan fingerprint density at radius 3 is 2.55 bits per heavy atom. The zero-order valence-electron chi connectivity index (χ0n) is 34.1. The Bertz CT molecular complexity index is 2190. The van der Waals surface area contributed by atoms with E-state index in [1.807, 2.05) is 0 Å². The van der Waals surface area contributed by atoms with Crippen LogP contribution in [-0.2, 0) is 43.5 Å². The Morgan fingerprint density at radius 1 is 1.10 bits per heavy atom. The second-order valence-corrected chi connectivity index (χ2v) is 19.2. The summed E-state index contributed by atoms with van der Waals surface area (Å²) in [5.74, 6) is -2.90. The summed E-state index contributed by atoms with van der Waals surface area (Å²) in [6, 6.07) is 3.67. The fourth-order valence-electron chi connectivity index (χ4n) is 8.23. The fourth-order valence-corrected chi connectivity index (χ4v) is 9.59. The van der Waals surface area contributed by atoms with Crippen molar-refractivity contribution in [1.82, 2.24) is 30.1 Å². The molecule has 3 N–H and O–H groups in total. The van der Waals surface area contributed by atoms with Crippen molar-refractivity contribution in [2.75, 3.05) is 26.8 Å². The van der Waals surface area contributed by atoms with E-state index in [0.29, 0.717) is 50.0 Å². The number of methoxy groups -OCH3 is 1. The zero-order chi connectivity index (χ0) is 43.1. The minimum atomic E-state index is -3.96. The van der Waals surface area contributed by atoms with Crippen LogP contribution in [0.2, 0.25) is 0 Å². The lowest BCUT2D eigenvalue weighted by atomic mass is 9.89. The van der Waals surface area contributed by atoms with Crippen molar-refractivity contribution in [3.63, 3.8) is 0 Å². The number of fused-ring (bicyclic) bond motifs is 3. The van der Waals surface area contributed by atoms with E-state index in [0.717, 1.165) is 5.39 Å². The minimum absolute atomic E-state index is 0.0783. The highest BCUT2D eigenvalue weighted by Crippen LogP contribution is 2.45. The number of amides is 5. The van der Waals surface area contributed by atoms with E-state index in [-0.39, 0.29) is 44.0 Å². The number of rotatable bonds is 14. The molecule has 5 aliphatic rings. The monoisotopic (exact) mass is 852 g/mol. The van der Waals surface area contributed by atoms with Crippen LogP contribution in [0.1, 0.15) is 72.1 Å². The lowest BCUT2D eigenvalue weighted by Crippen LogP contribution is -2.58. The molecule has 5 fully saturated rings. The molecule has 60 heavy (non-hydrogen) atoms. The summed E-state index contributed by atoms with van der Waals surface area (Å²) in [5, 5.41) is 6.06. The summed E-state index contributed by atoms with van der Waals surface area (Å²) >= 11 is 0. The maximum Gasteiger partial charge on any atom is 0.408 e. The Labute approximate surface area is 348 Å². The number of alkyl carbamates (subject to hydrolysis) is 1. The van der Waals surface area contributed by atoms with Crippen LogP contribution in [0.15, 0.2) is 43.1 Å². The molecule has 1 unspecified atom stereocenters. The molecule has 0 radical (unpaired) electrons. The highest BCUT2D eigenvalue weighted by atomic mass is 32.2. The van der Waals surface area contributed by atoms with E-state index < -0.39 is 92.3 Å². The molecule has 4 heterocycles. The van der Waals surface area contributed by atoms with Gasteiger partial charge in [-0.1, -0.05) is 6.08 Å². The molecule has 3 aliphatic heterocycles. The maximum atomic E-state index is 14.8. The number of sulfonamides is 1. The number of ether oxygens (including phenoxy) is 4.